The topological polar surface area (TPSA) is 194 Å². The molecule has 0 spiro atoms. The van der Waals surface area contributed by atoms with Crippen LogP contribution in [0.25, 0.3) is 0 Å². The zero-order valence-corrected chi connectivity index (χ0v) is 16.1. The van der Waals surface area contributed by atoms with Gasteiger partial charge in [-0.1, -0.05) is 0 Å². The molecule has 4 amide bonds. The van der Waals surface area contributed by atoms with Gasteiger partial charge in [0.1, 0.15) is 18.6 Å². The summed E-state index contributed by atoms with van der Waals surface area (Å²) < 4.78 is 0. The van der Waals surface area contributed by atoms with Crippen LogP contribution in [0.3, 0.4) is 0 Å². The largest absolute Gasteiger partial charge is 0.480 e. The number of rotatable bonds is 13. The molecule has 0 saturated carbocycles. The Morgan fingerprint density at radius 3 is 2.04 bits per heavy atom. The van der Waals surface area contributed by atoms with Gasteiger partial charge in [0, 0.05) is 6.42 Å². The summed E-state index contributed by atoms with van der Waals surface area (Å²) in [6, 6.07) is -2.92. The van der Waals surface area contributed by atoms with Gasteiger partial charge in [-0.05, 0) is 31.8 Å². The van der Waals surface area contributed by atoms with E-state index in [1.807, 2.05) is 6.26 Å². The molecule has 3 atom stereocenters. The lowest BCUT2D eigenvalue weighted by molar-refractivity contribution is -0.138. The second-order valence-electron chi connectivity index (χ2n) is 5.81. The molecule has 0 radical (unpaired) electrons. The molecule has 0 aliphatic heterocycles. The number of hydrogen-bond acceptors (Lipinski definition) is 7. The van der Waals surface area contributed by atoms with Crippen molar-refractivity contribution in [3.63, 3.8) is 0 Å². The highest BCUT2D eigenvalue weighted by Gasteiger charge is 2.27. The summed E-state index contributed by atoms with van der Waals surface area (Å²) in [4.78, 5) is 58.0. The number of carbonyl (C=O) groups is 5. The molecule has 154 valence electrons. The van der Waals surface area contributed by atoms with Crippen LogP contribution in [0.1, 0.15) is 26.2 Å². The number of thioether (sulfide) groups is 1. The summed E-state index contributed by atoms with van der Waals surface area (Å²) in [5, 5.41) is 15.7. The minimum absolute atomic E-state index is 0.108. The number of nitrogens with two attached hydrogens (primary N) is 2. The molecule has 0 aromatic heterocycles. The lowest BCUT2D eigenvalue weighted by atomic mass is 10.1. The summed E-state index contributed by atoms with van der Waals surface area (Å²) in [5.74, 6) is -3.31. The molecule has 0 fully saturated rings. The smallest absolute Gasteiger partial charge is 0.322 e. The highest BCUT2D eigenvalue weighted by molar-refractivity contribution is 7.98. The Morgan fingerprint density at radius 1 is 1.00 bits per heavy atom. The number of amides is 4. The second kappa shape index (κ2) is 12.9. The normalized spacial score (nSPS) is 13.7. The van der Waals surface area contributed by atoms with E-state index in [0.717, 1.165) is 0 Å². The van der Waals surface area contributed by atoms with E-state index in [0.29, 0.717) is 12.2 Å². The van der Waals surface area contributed by atoms with Crippen LogP contribution in [-0.4, -0.2) is 71.4 Å². The Kier molecular flexibility index (Phi) is 11.8. The zero-order valence-electron chi connectivity index (χ0n) is 15.3. The summed E-state index contributed by atoms with van der Waals surface area (Å²) >= 11 is 1.47. The van der Waals surface area contributed by atoms with Crippen molar-refractivity contribution in [2.75, 3.05) is 18.6 Å². The van der Waals surface area contributed by atoms with Crippen molar-refractivity contribution in [2.24, 2.45) is 11.5 Å². The first-order chi connectivity index (χ1) is 12.6. The second-order valence-corrected chi connectivity index (χ2v) is 6.79. The monoisotopic (exact) mass is 405 g/mol. The van der Waals surface area contributed by atoms with Crippen molar-refractivity contribution in [1.82, 2.24) is 16.0 Å². The molecular formula is C15H27N5O6S. The maximum Gasteiger partial charge on any atom is 0.322 e. The summed E-state index contributed by atoms with van der Waals surface area (Å²) in [5.41, 5.74) is 10.6. The summed E-state index contributed by atoms with van der Waals surface area (Å²) in [7, 11) is 0. The number of primary amides is 1. The van der Waals surface area contributed by atoms with Crippen LogP contribution in [0.4, 0.5) is 0 Å². The standard InChI is InChI=1S/C15H27N5O6S/c1-8(16)13(24)19-10(5-6-27-2)15(26)20-9(3-4-11(17)21)14(25)18-7-12(22)23/h8-10H,3-7,16H2,1-2H3,(H2,17,21)(H,18,25)(H,19,24)(H,20,26)(H,22,23). The van der Waals surface area contributed by atoms with Crippen LogP contribution in [0.2, 0.25) is 0 Å². The molecule has 0 saturated heterocycles. The molecule has 0 aliphatic rings. The molecule has 8 N–H and O–H groups in total. The molecule has 27 heavy (non-hydrogen) atoms. The van der Waals surface area contributed by atoms with Crippen LogP contribution >= 0.6 is 11.8 Å². The number of carboxylic acids is 1. The summed E-state index contributed by atoms with van der Waals surface area (Å²) in [6.07, 6.45) is 1.83. The van der Waals surface area contributed by atoms with Crippen LogP contribution in [-0.2, 0) is 24.0 Å². The number of carboxylic acid groups (broad SMARTS) is 1. The van der Waals surface area contributed by atoms with Gasteiger partial charge in [0.2, 0.25) is 23.6 Å². The van der Waals surface area contributed by atoms with Crippen molar-refractivity contribution in [3.8, 4) is 0 Å². The van der Waals surface area contributed by atoms with E-state index in [1.54, 1.807) is 0 Å². The third-order valence-electron chi connectivity index (χ3n) is 3.38. The Morgan fingerprint density at radius 2 is 1.56 bits per heavy atom. The first-order valence-electron chi connectivity index (χ1n) is 8.21. The van der Waals surface area contributed by atoms with Crippen molar-refractivity contribution in [1.29, 1.82) is 0 Å². The van der Waals surface area contributed by atoms with Crippen molar-refractivity contribution < 1.29 is 29.1 Å². The number of aliphatic carboxylic acids is 1. The molecular weight excluding hydrogens is 378 g/mol. The molecule has 12 heteroatoms. The van der Waals surface area contributed by atoms with E-state index < -0.39 is 54.3 Å². The van der Waals surface area contributed by atoms with E-state index in [9.17, 15) is 24.0 Å². The Hall–Kier alpha value is -2.34. The molecule has 0 aromatic carbocycles. The number of nitrogens with one attached hydrogen (secondary N) is 3. The highest BCUT2D eigenvalue weighted by Crippen LogP contribution is 2.04. The predicted molar refractivity (Wildman–Crippen MR) is 99.6 cm³/mol. The first-order valence-corrected chi connectivity index (χ1v) is 9.60. The van der Waals surface area contributed by atoms with Gasteiger partial charge in [0.15, 0.2) is 0 Å². The maximum absolute atomic E-state index is 12.5. The number of carbonyl (C=O) groups excluding carboxylic acids is 4. The minimum atomic E-state index is -1.26. The van der Waals surface area contributed by atoms with Crippen LogP contribution in [0, 0.1) is 0 Å². The van der Waals surface area contributed by atoms with Gasteiger partial charge in [-0.2, -0.15) is 11.8 Å². The Labute approximate surface area is 161 Å². The Balaban J connectivity index is 5.13. The van der Waals surface area contributed by atoms with Crippen molar-refractivity contribution in [3.05, 3.63) is 0 Å². The van der Waals surface area contributed by atoms with Crippen LogP contribution in [0.15, 0.2) is 0 Å². The third-order valence-corrected chi connectivity index (χ3v) is 4.03. The van der Waals surface area contributed by atoms with Gasteiger partial charge in [0.25, 0.3) is 0 Å². The molecule has 0 rings (SSSR count). The third kappa shape index (κ3) is 11.1. The van der Waals surface area contributed by atoms with Gasteiger partial charge >= 0.3 is 5.97 Å². The van der Waals surface area contributed by atoms with Gasteiger partial charge in [-0.3, -0.25) is 24.0 Å². The molecule has 0 aromatic rings. The zero-order chi connectivity index (χ0) is 21.0. The molecule has 0 bridgehead atoms. The maximum atomic E-state index is 12.5. The number of hydrogen-bond donors (Lipinski definition) is 6. The van der Waals surface area contributed by atoms with E-state index in [1.165, 1.54) is 18.7 Å². The lowest BCUT2D eigenvalue weighted by Gasteiger charge is -2.23. The molecule has 11 nitrogen and oxygen atoms in total. The predicted octanol–water partition coefficient (Wildman–Crippen LogP) is -2.48. The fourth-order valence-corrected chi connectivity index (χ4v) is 2.39. The SMILES string of the molecule is CSCCC(NC(=O)C(C)N)C(=O)NC(CCC(N)=O)C(=O)NCC(=O)O. The van der Waals surface area contributed by atoms with Gasteiger partial charge in [0.05, 0.1) is 6.04 Å². The quantitative estimate of drug-likeness (QED) is 0.194. The first kappa shape index (κ1) is 24.7. The molecule has 3 unspecified atom stereocenters. The summed E-state index contributed by atoms with van der Waals surface area (Å²) in [6.45, 7) is 0.826. The van der Waals surface area contributed by atoms with Crippen LogP contribution in [0.5, 0.6) is 0 Å². The molecule has 0 heterocycles. The average molecular weight is 405 g/mol. The van der Waals surface area contributed by atoms with E-state index >= 15 is 0 Å². The average Bonchev–Trinajstić information content (AvgIpc) is 2.59. The lowest BCUT2D eigenvalue weighted by Crippen LogP contribution is -2.56. The molecule has 0 aliphatic carbocycles. The minimum Gasteiger partial charge on any atom is -0.480 e. The fourth-order valence-electron chi connectivity index (χ4n) is 1.92. The van der Waals surface area contributed by atoms with E-state index in [-0.39, 0.29) is 12.8 Å². The highest BCUT2D eigenvalue weighted by atomic mass is 32.2. The Bertz CT molecular complexity index is 557. The van der Waals surface area contributed by atoms with Crippen LogP contribution < -0.4 is 27.4 Å². The van der Waals surface area contributed by atoms with Gasteiger partial charge in [-0.25, -0.2) is 0 Å². The van der Waals surface area contributed by atoms with Gasteiger partial charge in [-0.15, -0.1) is 0 Å². The van der Waals surface area contributed by atoms with Gasteiger partial charge < -0.3 is 32.5 Å². The van der Waals surface area contributed by atoms with Crippen molar-refractivity contribution >= 4 is 41.4 Å². The van der Waals surface area contributed by atoms with E-state index in [4.69, 9.17) is 16.6 Å². The van der Waals surface area contributed by atoms with E-state index in [2.05, 4.69) is 16.0 Å². The fraction of sp³-hybridized carbons (Fsp3) is 0.667. The van der Waals surface area contributed by atoms with Crippen molar-refractivity contribution in [2.45, 2.75) is 44.3 Å².